The van der Waals surface area contributed by atoms with Gasteiger partial charge in [-0.15, -0.1) is 0 Å². The Labute approximate surface area is 195 Å². The van der Waals surface area contributed by atoms with E-state index in [4.69, 9.17) is 4.98 Å². The Morgan fingerprint density at radius 1 is 1.16 bits per heavy atom. The summed E-state index contributed by atoms with van der Waals surface area (Å²) in [5.41, 5.74) is 5.48. The molecule has 1 aliphatic heterocycles. The zero-order valence-corrected chi connectivity index (χ0v) is 19.4. The second-order valence-electron chi connectivity index (χ2n) is 7.66. The maximum Gasteiger partial charge on any atom is 0.234 e. The summed E-state index contributed by atoms with van der Waals surface area (Å²) in [6, 6.07) is 16.5. The predicted molar refractivity (Wildman–Crippen MR) is 132 cm³/mol. The number of hydrogen-bond acceptors (Lipinski definition) is 7. The summed E-state index contributed by atoms with van der Waals surface area (Å²) in [7, 11) is 0. The van der Waals surface area contributed by atoms with Crippen molar-refractivity contribution in [3.63, 3.8) is 0 Å². The molecule has 1 N–H and O–H groups in total. The second kappa shape index (κ2) is 9.26. The van der Waals surface area contributed by atoms with Gasteiger partial charge in [0, 0.05) is 18.8 Å². The van der Waals surface area contributed by atoms with Crippen molar-refractivity contribution in [2.24, 2.45) is 0 Å². The number of amides is 1. The van der Waals surface area contributed by atoms with Crippen LogP contribution in [0, 0.1) is 0 Å². The monoisotopic (exact) mass is 461 g/mol. The smallest absolute Gasteiger partial charge is 0.234 e. The van der Waals surface area contributed by atoms with Gasteiger partial charge in [-0.05, 0) is 41.7 Å². The number of thioether (sulfide) groups is 1. The molecule has 0 fully saturated rings. The summed E-state index contributed by atoms with van der Waals surface area (Å²) < 4.78 is 0.937. The van der Waals surface area contributed by atoms with Crippen molar-refractivity contribution in [1.29, 1.82) is 0 Å². The molecular formula is C24H23N5OS2. The molecule has 1 amide bonds. The van der Waals surface area contributed by atoms with E-state index in [9.17, 15) is 4.79 Å². The van der Waals surface area contributed by atoms with Crippen LogP contribution in [0.2, 0.25) is 0 Å². The number of nitrogens with zero attached hydrogens (tertiary/aromatic N) is 4. The number of benzene rings is 2. The van der Waals surface area contributed by atoms with Crippen molar-refractivity contribution in [1.82, 2.24) is 15.0 Å². The minimum atomic E-state index is -0.0487. The summed E-state index contributed by atoms with van der Waals surface area (Å²) in [5, 5.41) is 4.73. The Bertz CT molecular complexity index is 1270. The highest BCUT2D eigenvalue weighted by molar-refractivity contribution is 8.00. The Balaban J connectivity index is 1.29. The van der Waals surface area contributed by atoms with Crippen LogP contribution < -0.4 is 10.2 Å². The summed E-state index contributed by atoms with van der Waals surface area (Å²) in [5.74, 6) is 0.236. The Hall–Kier alpha value is -2.97. The molecule has 0 atom stereocenters. The number of anilines is 2. The van der Waals surface area contributed by atoms with E-state index in [-0.39, 0.29) is 11.7 Å². The molecule has 0 radical (unpaired) electrons. The third kappa shape index (κ3) is 4.47. The minimum absolute atomic E-state index is 0.0487. The van der Waals surface area contributed by atoms with Crippen LogP contribution >= 0.6 is 23.1 Å². The number of carbonyl (C=O) groups is 1. The van der Waals surface area contributed by atoms with Crippen molar-refractivity contribution in [2.45, 2.75) is 31.3 Å². The van der Waals surface area contributed by atoms with Crippen LogP contribution in [-0.2, 0) is 24.2 Å². The van der Waals surface area contributed by atoms with Gasteiger partial charge in [0.1, 0.15) is 16.1 Å². The molecule has 2 aromatic carbocycles. The number of nitrogens with one attached hydrogen (secondary N) is 1. The van der Waals surface area contributed by atoms with Gasteiger partial charge in [0.15, 0.2) is 10.8 Å². The Morgan fingerprint density at radius 2 is 2.03 bits per heavy atom. The number of rotatable bonds is 6. The van der Waals surface area contributed by atoms with Gasteiger partial charge >= 0.3 is 0 Å². The van der Waals surface area contributed by atoms with Crippen molar-refractivity contribution in [3.8, 4) is 0 Å². The number of thiazole rings is 1. The largest absolute Gasteiger partial charge is 0.343 e. The van der Waals surface area contributed by atoms with Gasteiger partial charge in [-0.1, -0.05) is 66.4 Å². The zero-order valence-electron chi connectivity index (χ0n) is 17.7. The topological polar surface area (TPSA) is 71.0 Å². The molecule has 2 aromatic heterocycles. The summed E-state index contributed by atoms with van der Waals surface area (Å²) in [6.45, 7) is 3.89. The van der Waals surface area contributed by atoms with E-state index in [1.165, 1.54) is 34.8 Å². The number of hydrogen-bond donors (Lipinski definition) is 1. The molecule has 32 heavy (non-hydrogen) atoms. The van der Waals surface area contributed by atoms with Gasteiger partial charge in [0.05, 0.1) is 5.75 Å². The van der Waals surface area contributed by atoms with Gasteiger partial charge < -0.3 is 10.2 Å². The molecule has 0 unspecified atom stereocenters. The van der Waals surface area contributed by atoms with Crippen LogP contribution in [0.5, 0.6) is 0 Å². The standard InChI is InChI=1S/C24H23N5OS2/c1-2-16-6-5-9-19(12-16)27-20(30)14-31-23-21-22(25-15-26-23)28-24(32-21)29-11-10-17-7-3-4-8-18(17)13-29/h3-9,12,15H,2,10-11,13-14H2,1H3,(H,27,30). The molecule has 8 heteroatoms. The molecule has 3 heterocycles. The Morgan fingerprint density at radius 3 is 2.91 bits per heavy atom. The molecule has 5 rings (SSSR count). The van der Waals surface area contributed by atoms with Gasteiger partial charge in [-0.25, -0.2) is 9.97 Å². The maximum atomic E-state index is 12.5. The highest BCUT2D eigenvalue weighted by Gasteiger charge is 2.21. The van der Waals surface area contributed by atoms with Crippen molar-refractivity contribution >= 4 is 50.2 Å². The fourth-order valence-corrected chi connectivity index (χ4v) is 5.73. The lowest BCUT2D eigenvalue weighted by Gasteiger charge is -2.28. The third-order valence-electron chi connectivity index (χ3n) is 5.51. The van der Waals surface area contributed by atoms with E-state index in [0.29, 0.717) is 5.65 Å². The van der Waals surface area contributed by atoms with Gasteiger partial charge in [-0.2, -0.15) is 4.98 Å². The fourth-order valence-electron chi connectivity index (χ4n) is 3.82. The van der Waals surface area contributed by atoms with Crippen LogP contribution in [0.1, 0.15) is 23.6 Å². The highest BCUT2D eigenvalue weighted by Crippen LogP contribution is 2.35. The van der Waals surface area contributed by atoms with Crippen LogP contribution in [0.15, 0.2) is 59.9 Å². The molecule has 0 bridgehead atoms. The van der Waals surface area contributed by atoms with E-state index in [2.05, 4.69) is 57.4 Å². The number of fused-ring (bicyclic) bond motifs is 2. The molecule has 4 aromatic rings. The normalized spacial score (nSPS) is 13.2. The molecular weight excluding hydrogens is 438 g/mol. The lowest BCUT2D eigenvalue weighted by atomic mass is 10.0. The minimum Gasteiger partial charge on any atom is -0.343 e. The average molecular weight is 462 g/mol. The molecule has 0 saturated heterocycles. The van der Waals surface area contributed by atoms with E-state index in [0.717, 1.165) is 46.5 Å². The molecule has 162 valence electrons. The predicted octanol–water partition coefficient (Wildman–Crippen LogP) is 4.94. The molecule has 0 aliphatic carbocycles. The number of aryl methyl sites for hydroxylation is 1. The highest BCUT2D eigenvalue weighted by atomic mass is 32.2. The van der Waals surface area contributed by atoms with Crippen LogP contribution in [0.3, 0.4) is 0 Å². The molecule has 0 saturated carbocycles. The first-order valence-corrected chi connectivity index (χ1v) is 12.4. The van der Waals surface area contributed by atoms with E-state index < -0.39 is 0 Å². The van der Waals surface area contributed by atoms with Crippen LogP contribution in [0.25, 0.3) is 10.3 Å². The number of aromatic nitrogens is 3. The quantitative estimate of drug-likeness (QED) is 0.324. The SMILES string of the molecule is CCc1cccc(NC(=O)CSc2ncnc3nc(N4CCc5ccccc5C4)sc23)c1. The lowest BCUT2D eigenvalue weighted by molar-refractivity contribution is -0.113. The third-order valence-corrected chi connectivity index (χ3v) is 7.74. The maximum absolute atomic E-state index is 12.5. The zero-order chi connectivity index (χ0) is 21.9. The van der Waals surface area contributed by atoms with Crippen molar-refractivity contribution in [2.75, 3.05) is 22.5 Å². The van der Waals surface area contributed by atoms with Crippen LogP contribution in [0.4, 0.5) is 10.8 Å². The van der Waals surface area contributed by atoms with E-state index in [1.54, 1.807) is 11.3 Å². The second-order valence-corrected chi connectivity index (χ2v) is 9.60. The summed E-state index contributed by atoms with van der Waals surface area (Å²) >= 11 is 3.03. The fraction of sp³-hybridized carbons (Fsp3) is 0.250. The summed E-state index contributed by atoms with van der Waals surface area (Å²) in [6.07, 6.45) is 3.48. The van der Waals surface area contributed by atoms with E-state index in [1.807, 2.05) is 18.2 Å². The average Bonchev–Trinajstić information content (AvgIpc) is 3.27. The Kier molecular flexibility index (Phi) is 6.05. The number of carbonyl (C=O) groups excluding carboxylic acids is 1. The first kappa shape index (κ1) is 20.9. The first-order chi connectivity index (χ1) is 15.7. The lowest BCUT2D eigenvalue weighted by Crippen LogP contribution is -2.30. The molecule has 1 aliphatic rings. The molecule has 0 spiro atoms. The van der Waals surface area contributed by atoms with Gasteiger partial charge in [0.2, 0.25) is 5.91 Å². The van der Waals surface area contributed by atoms with Crippen LogP contribution in [-0.4, -0.2) is 33.2 Å². The van der Waals surface area contributed by atoms with Crippen molar-refractivity contribution < 1.29 is 4.79 Å². The van der Waals surface area contributed by atoms with Crippen molar-refractivity contribution in [3.05, 3.63) is 71.5 Å². The molecule has 6 nitrogen and oxygen atoms in total. The van der Waals surface area contributed by atoms with Gasteiger partial charge in [0.25, 0.3) is 0 Å². The first-order valence-electron chi connectivity index (χ1n) is 10.6. The van der Waals surface area contributed by atoms with Gasteiger partial charge in [-0.3, -0.25) is 4.79 Å². The summed E-state index contributed by atoms with van der Waals surface area (Å²) in [4.78, 5) is 28.4. The van der Waals surface area contributed by atoms with E-state index >= 15 is 0 Å².